The van der Waals surface area contributed by atoms with Crippen molar-refractivity contribution in [2.24, 2.45) is 0 Å². The van der Waals surface area contributed by atoms with Crippen molar-refractivity contribution in [2.75, 3.05) is 26.8 Å². The number of carbonyl (C=O) groups is 1. The van der Waals surface area contributed by atoms with Crippen LogP contribution >= 0.6 is 11.8 Å². The predicted octanol–water partition coefficient (Wildman–Crippen LogP) is 3.46. The molecule has 0 unspecified atom stereocenters. The quantitative estimate of drug-likeness (QED) is 0.436. The fraction of sp³-hybridized carbons (Fsp3) is 0.211. The fourth-order valence-corrected chi connectivity index (χ4v) is 3.25. The molecule has 8 nitrogen and oxygen atoms in total. The molecular weight excluding hydrogens is 384 g/mol. The van der Waals surface area contributed by atoms with Crippen molar-refractivity contribution in [3.05, 3.63) is 42.0 Å². The zero-order chi connectivity index (χ0) is 19.5. The smallest absolute Gasteiger partial charge is 0.277 e. The van der Waals surface area contributed by atoms with Gasteiger partial charge in [0.15, 0.2) is 17.3 Å². The molecule has 0 fully saturated rings. The SMILES string of the molecule is COc1cc(OC)cc(-c2nnc(SCC(=O)c3ccc4c(c3)OCO4)o2)c1. The number of carbonyl (C=O) groups excluding carboxylic acids is 1. The summed E-state index contributed by atoms with van der Waals surface area (Å²) >= 11 is 1.17. The van der Waals surface area contributed by atoms with Crippen molar-refractivity contribution in [3.8, 4) is 34.5 Å². The zero-order valence-electron chi connectivity index (χ0n) is 15.1. The number of Topliss-reactive ketones (excluding diaryl/α,β-unsaturated/α-hetero) is 1. The number of ether oxygens (including phenoxy) is 4. The molecule has 0 saturated carbocycles. The van der Waals surface area contributed by atoms with E-state index in [2.05, 4.69) is 10.2 Å². The number of methoxy groups -OCH3 is 2. The lowest BCUT2D eigenvalue weighted by Gasteiger charge is -2.05. The minimum atomic E-state index is -0.0777. The Balaban J connectivity index is 1.44. The third-order valence-electron chi connectivity index (χ3n) is 4.03. The lowest BCUT2D eigenvalue weighted by Crippen LogP contribution is -2.02. The van der Waals surface area contributed by atoms with E-state index < -0.39 is 0 Å². The standard InChI is InChI=1S/C19H16N2O6S/c1-23-13-5-12(6-14(8-13)24-2)18-20-21-19(27-18)28-9-15(22)11-3-4-16-17(7-11)26-10-25-16/h3-8H,9-10H2,1-2H3. The van der Waals surface area contributed by atoms with Crippen molar-refractivity contribution in [3.63, 3.8) is 0 Å². The Bertz CT molecular complexity index is 997. The van der Waals surface area contributed by atoms with E-state index in [1.807, 2.05) is 0 Å². The number of ketones is 1. The first kappa shape index (κ1) is 18.2. The monoisotopic (exact) mass is 400 g/mol. The third kappa shape index (κ3) is 3.74. The van der Waals surface area contributed by atoms with Crippen LogP contribution in [0.2, 0.25) is 0 Å². The molecule has 2 heterocycles. The minimum Gasteiger partial charge on any atom is -0.497 e. The van der Waals surface area contributed by atoms with Gasteiger partial charge in [-0.2, -0.15) is 0 Å². The average molecular weight is 400 g/mol. The summed E-state index contributed by atoms with van der Waals surface area (Å²) in [5.41, 5.74) is 1.20. The highest BCUT2D eigenvalue weighted by atomic mass is 32.2. The van der Waals surface area contributed by atoms with Crippen LogP contribution in [0, 0.1) is 0 Å². The van der Waals surface area contributed by atoms with Gasteiger partial charge in [0, 0.05) is 17.2 Å². The Morgan fingerprint density at radius 2 is 1.79 bits per heavy atom. The largest absolute Gasteiger partial charge is 0.497 e. The van der Waals surface area contributed by atoms with E-state index in [0.717, 1.165) is 0 Å². The fourth-order valence-electron chi connectivity index (χ4n) is 2.60. The van der Waals surface area contributed by atoms with Crippen LogP contribution in [0.5, 0.6) is 23.0 Å². The van der Waals surface area contributed by atoms with Crippen molar-refractivity contribution >= 4 is 17.5 Å². The van der Waals surface area contributed by atoms with E-state index in [1.54, 1.807) is 50.6 Å². The first-order valence-corrected chi connectivity index (χ1v) is 9.27. The molecule has 0 atom stereocenters. The predicted molar refractivity (Wildman–Crippen MR) is 100 cm³/mol. The van der Waals surface area contributed by atoms with Crippen LogP contribution < -0.4 is 18.9 Å². The zero-order valence-corrected chi connectivity index (χ0v) is 15.9. The lowest BCUT2D eigenvalue weighted by atomic mass is 10.1. The second kappa shape index (κ2) is 7.81. The molecule has 0 spiro atoms. The molecule has 144 valence electrons. The molecule has 0 saturated heterocycles. The molecule has 28 heavy (non-hydrogen) atoms. The average Bonchev–Trinajstić information content (AvgIpc) is 3.40. The third-order valence-corrected chi connectivity index (χ3v) is 4.84. The van der Waals surface area contributed by atoms with Crippen LogP contribution in [0.3, 0.4) is 0 Å². The molecule has 9 heteroatoms. The Labute approximate surface area is 164 Å². The number of rotatable bonds is 7. The van der Waals surface area contributed by atoms with Gasteiger partial charge < -0.3 is 23.4 Å². The van der Waals surface area contributed by atoms with Gasteiger partial charge in [-0.1, -0.05) is 11.8 Å². The molecule has 3 aromatic rings. The highest BCUT2D eigenvalue weighted by Gasteiger charge is 2.18. The maximum atomic E-state index is 12.4. The van der Waals surface area contributed by atoms with Gasteiger partial charge in [0.25, 0.3) is 5.22 Å². The van der Waals surface area contributed by atoms with Crippen LogP contribution in [-0.2, 0) is 0 Å². The van der Waals surface area contributed by atoms with Crippen LogP contribution in [0.15, 0.2) is 46.0 Å². The van der Waals surface area contributed by atoms with Crippen molar-refractivity contribution in [1.82, 2.24) is 10.2 Å². The van der Waals surface area contributed by atoms with Crippen molar-refractivity contribution in [1.29, 1.82) is 0 Å². The summed E-state index contributed by atoms with van der Waals surface area (Å²) in [4.78, 5) is 12.4. The van der Waals surface area contributed by atoms with Crippen LogP contribution in [0.4, 0.5) is 0 Å². The first-order valence-electron chi connectivity index (χ1n) is 8.29. The summed E-state index contributed by atoms with van der Waals surface area (Å²) in [7, 11) is 3.13. The molecule has 0 N–H and O–H groups in total. The van der Waals surface area contributed by atoms with Gasteiger partial charge in [-0.15, -0.1) is 10.2 Å². The van der Waals surface area contributed by atoms with E-state index in [9.17, 15) is 4.79 Å². The summed E-state index contributed by atoms with van der Waals surface area (Å²) in [5, 5.41) is 8.33. The van der Waals surface area contributed by atoms with E-state index in [4.69, 9.17) is 23.4 Å². The molecular formula is C19H16N2O6S. The van der Waals surface area contributed by atoms with Gasteiger partial charge >= 0.3 is 0 Å². The van der Waals surface area contributed by atoms with E-state index in [0.29, 0.717) is 45.2 Å². The number of thioether (sulfide) groups is 1. The summed E-state index contributed by atoms with van der Waals surface area (Å²) in [6.07, 6.45) is 0. The van der Waals surface area contributed by atoms with Gasteiger partial charge in [-0.25, -0.2) is 0 Å². The maximum absolute atomic E-state index is 12.4. The number of hydrogen-bond acceptors (Lipinski definition) is 9. The molecule has 0 bridgehead atoms. The van der Waals surface area contributed by atoms with Gasteiger partial charge in [0.2, 0.25) is 12.7 Å². The molecule has 0 radical (unpaired) electrons. The summed E-state index contributed by atoms with van der Waals surface area (Å²) in [6, 6.07) is 10.4. The highest BCUT2D eigenvalue weighted by molar-refractivity contribution is 7.99. The highest BCUT2D eigenvalue weighted by Crippen LogP contribution is 2.33. The molecule has 2 aromatic carbocycles. The van der Waals surface area contributed by atoms with Gasteiger partial charge in [-0.05, 0) is 30.3 Å². The number of benzene rings is 2. The topological polar surface area (TPSA) is 92.9 Å². The number of aromatic nitrogens is 2. The van der Waals surface area contributed by atoms with E-state index in [1.165, 1.54) is 11.8 Å². The second-order valence-corrected chi connectivity index (χ2v) is 6.68. The Morgan fingerprint density at radius 3 is 2.54 bits per heavy atom. The Kier molecular flexibility index (Phi) is 5.07. The Morgan fingerprint density at radius 1 is 1.04 bits per heavy atom. The van der Waals surface area contributed by atoms with Gasteiger partial charge in [0.05, 0.1) is 20.0 Å². The Hall–Kier alpha value is -3.20. The first-order chi connectivity index (χ1) is 13.7. The molecule has 0 aliphatic carbocycles. The van der Waals surface area contributed by atoms with Crippen LogP contribution in [-0.4, -0.2) is 42.7 Å². The van der Waals surface area contributed by atoms with Gasteiger partial charge in [0.1, 0.15) is 11.5 Å². The van der Waals surface area contributed by atoms with Gasteiger partial charge in [-0.3, -0.25) is 4.79 Å². The van der Waals surface area contributed by atoms with E-state index in [-0.39, 0.29) is 18.3 Å². The molecule has 1 aliphatic heterocycles. The summed E-state index contributed by atoms with van der Waals surface area (Å²) in [5.74, 6) is 2.83. The van der Waals surface area contributed by atoms with Crippen LogP contribution in [0.1, 0.15) is 10.4 Å². The lowest BCUT2D eigenvalue weighted by molar-refractivity contribution is 0.102. The molecule has 4 rings (SSSR count). The summed E-state index contributed by atoms with van der Waals surface area (Å²) in [6.45, 7) is 0.168. The summed E-state index contributed by atoms with van der Waals surface area (Å²) < 4.78 is 26.7. The van der Waals surface area contributed by atoms with Crippen LogP contribution in [0.25, 0.3) is 11.5 Å². The second-order valence-electron chi connectivity index (χ2n) is 5.75. The van der Waals surface area contributed by atoms with E-state index >= 15 is 0 Å². The molecule has 0 amide bonds. The minimum absolute atomic E-state index is 0.0777. The van der Waals surface area contributed by atoms with Crippen molar-refractivity contribution < 1.29 is 28.2 Å². The molecule has 1 aromatic heterocycles. The number of hydrogen-bond donors (Lipinski definition) is 0. The van der Waals surface area contributed by atoms with Crippen molar-refractivity contribution in [2.45, 2.75) is 5.22 Å². The number of nitrogens with zero attached hydrogens (tertiary/aromatic N) is 2. The maximum Gasteiger partial charge on any atom is 0.277 e. The molecule has 1 aliphatic rings. The normalized spacial score (nSPS) is 12.1. The number of fused-ring (bicyclic) bond motifs is 1.